The molecule has 2 rings (SSSR count). The molecule has 0 amide bonds. The molecule has 1 aromatic heterocycles. The fraction of sp³-hybridized carbons (Fsp3) is 0.385. The van der Waals surface area contributed by atoms with Crippen LogP contribution in [0.3, 0.4) is 0 Å². The number of aromatic nitrogens is 2. The Balaban J connectivity index is 2.47. The summed E-state index contributed by atoms with van der Waals surface area (Å²) in [6.45, 7) is 7.34. The molecule has 17 heavy (non-hydrogen) atoms. The van der Waals surface area contributed by atoms with Crippen molar-refractivity contribution in [2.75, 3.05) is 11.4 Å². The standard InChI is InChI=1S/C13H16BrN3/c1-4-17(9(2)3)13-15-8-10-7-11(14)5-6-12(10)16-13/h5-9H,4H2,1-3H3. The van der Waals surface area contributed by atoms with Crippen molar-refractivity contribution < 1.29 is 0 Å². The van der Waals surface area contributed by atoms with Crippen LogP contribution >= 0.6 is 15.9 Å². The lowest BCUT2D eigenvalue weighted by molar-refractivity contribution is 0.683. The summed E-state index contributed by atoms with van der Waals surface area (Å²) in [5.41, 5.74) is 0.984. The van der Waals surface area contributed by atoms with E-state index in [9.17, 15) is 0 Å². The first-order chi connectivity index (χ1) is 8.11. The van der Waals surface area contributed by atoms with E-state index in [1.807, 2.05) is 24.4 Å². The van der Waals surface area contributed by atoms with Crippen LogP contribution in [0.1, 0.15) is 20.8 Å². The van der Waals surface area contributed by atoms with Crippen molar-refractivity contribution >= 4 is 32.8 Å². The summed E-state index contributed by atoms with van der Waals surface area (Å²) in [6, 6.07) is 6.46. The van der Waals surface area contributed by atoms with Crippen molar-refractivity contribution in [2.24, 2.45) is 0 Å². The predicted octanol–water partition coefficient (Wildman–Crippen LogP) is 3.63. The van der Waals surface area contributed by atoms with Gasteiger partial charge in [0.05, 0.1) is 5.52 Å². The molecule has 4 heteroatoms. The van der Waals surface area contributed by atoms with Crippen LogP contribution in [0.15, 0.2) is 28.9 Å². The van der Waals surface area contributed by atoms with Crippen molar-refractivity contribution in [3.8, 4) is 0 Å². The number of hydrogen-bond donors (Lipinski definition) is 0. The zero-order chi connectivity index (χ0) is 12.4. The summed E-state index contributed by atoms with van der Waals surface area (Å²) in [4.78, 5) is 11.2. The summed E-state index contributed by atoms with van der Waals surface area (Å²) in [5.74, 6) is 0.803. The molecule has 0 aliphatic heterocycles. The van der Waals surface area contributed by atoms with Crippen LogP contribution in [-0.2, 0) is 0 Å². The second-order valence-corrected chi connectivity index (χ2v) is 5.17. The molecule has 0 atom stereocenters. The van der Waals surface area contributed by atoms with Gasteiger partial charge >= 0.3 is 0 Å². The van der Waals surface area contributed by atoms with Crippen molar-refractivity contribution in [1.29, 1.82) is 0 Å². The minimum absolute atomic E-state index is 0.410. The van der Waals surface area contributed by atoms with Crippen LogP contribution in [0.4, 0.5) is 5.95 Å². The van der Waals surface area contributed by atoms with E-state index in [2.05, 4.69) is 51.6 Å². The fourth-order valence-corrected chi connectivity index (χ4v) is 2.25. The Morgan fingerprint density at radius 1 is 1.35 bits per heavy atom. The molecule has 1 aromatic carbocycles. The number of benzene rings is 1. The highest BCUT2D eigenvalue weighted by molar-refractivity contribution is 9.10. The molecule has 0 N–H and O–H groups in total. The molecule has 0 aliphatic rings. The molecule has 0 bridgehead atoms. The summed E-state index contributed by atoms with van der Waals surface area (Å²) in [7, 11) is 0. The van der Waals surface area contributed by atoms with E-state index in [1.54, 1.807) is 0 Å². The predicted molar refractivity (Wildman–Crippen MR) is 75.4 cm³/mol. The Kier molecular flexibility index (Phi) is 3.62. The molecule has 0 saturated carbocycles. The quantitative estimate of drug-likeness (QED) is 0.865. The van der Waals surface area contributed by atoms with Crippen LogP contribution < -0.4 is 4.90 Å². The van der Waals surface area contributed by atoms with Crippen molar-refractivity contribution in [3.63, 3.8) is 0 Å². The van der Waals surface area contributed by atoms with Crippen molar-refractivity contribution in [2.45, 2.75) is 26.8 Å². The van der Waals surface area contributed by atoms with Gasteiger partial charge in [-0.1, -0.05) is 15.9 Å². The highest BCUT2D eigenvalue weighted by Crippen LogP contribution is 2.20. The molecular weight excluding hydrogens is 278 g/mol. The van der Waals surface area contributed by atoms with Gasteiger partial charge in [0.2, 0.25) is 5.95 Å². The van der Waals surface area contributed by atoms with Gasteiger partial charge < -0.3 is 4.90 Å². The second kappa shape index (κ2) is 5.00. The van der Waals surface area contributed by atoms with Crippen molar-refractivity contribution in [1.82, 2.24) is 9.97 Å². The summed E-state index contributed by atoms with van der Waals surface area (Å²) >= 11 is 3.45. The number of nitrogens with zero attached hydrogens (tertiary/aromatic N) is 3. The Hall–Kier alpha value is -1.16. The van der Waals surface area contributed by atoms with Gasteiger partial charge in [-0.25, -0.2) is 9.97 Å². The highest BCUT2D eigenvalue weighted by atomic mass is 79.9. The zero-order valence-corrected chi connectivity index (χ0v) is 11.9. The molecule has 0 spiro atoms. The van der Waals surface area contributed by atoms with Gasteiger partial charge in [0.1, 0.15) is 0 Å². The van der Waals surface area contributed by atoms with Crippen molar-refractivity contribution in [3.05, 3.63) is 28.9 Å². The molecule has 3 nitrogen and oxygen atoms in total. The number of rotatable bonds is 3. The zero-order valence-electron chi connectivity index (χ0n) is 10.3. The van der Waals surface area contributed by atoms with Crippen LogP contribution in [0.2, 0.25) is 0 Å². The Morgan fingerprint density at radius 3 is 2.76 bits per heavy atom. The molecule has 0 saturated heterocycles. The van der Waals surface area contributed by atoms with Crippen LogP contribution in [0.5, 0.6) is 0 Å². The average molecular weight is 294 g/mol. The number of hydrogen-bond acceptors (Lipinski definition) is 3. The lowest BCUT2D eigenvalue weighted by Gasteiger charge is -2.25. The first-order valence-electron chi connectivity index (χ1n) is 5.80. The molecule has 1 heterocycles. The smallest absolute Gasteiger partial charge is 0.226 e. The Labute approximate surface area is 110 Å². The number of fused-ring (bicyclic) bond motifs is 1. The minimum Gasteiger partial charge on any atom is -0.339 e. The average Bonchev–Trinajstić information content (AvgIpc) is 2.29. The molecule has 0 aliphatic carbocycles. The van der Waals surface area contributed by atoms with E-state index in [4.69, 9.17) is 0 Å². The third-order valence-electron chi connectivity index (χ3n) is 2.75. The first kappa shape index (κ1) is 12.3. The third-order valence-corrected chi connectivity index (χ3v) is 3.24. The molecule has 0 fully saturated rings. The van der Waals surface area contributed by atoms with E-state index in [1.165, 1.54) is 0 Å². The van der Waals surface area contributed by atoms with E-state index in [0.717, 1.165) is 27.9 Å². The van der Waals surface area contributed by atoms with E-state index >= 15 is 0 Å². The largest absolute Gasteiger partial charge is 0.339 e. The number of halogens is 1. The maximum atomic E-state index is 4.60. The topological polar surface area (TPSA) is 29.0 Å². The normalized spacial score (nSPS) is 11.1. The van der Waals surface area contributed by atoms with Gasteiger partial charge in [0.15, 0.2) is 0 Å². The van der Waals surface area contributed by atoms with Gasteiger partial charge in [-0.3, -0.25) is 0 Å². The minimum atomic E-state index is 0.410. The SMILES string of the molecule is CCN(c1ncc2cc(Br)ccc2n1)C(C)C. The van der Waals surface area contributed by atoms with Crippen LogP contribution in [0.25, 0.3) is 10.9 Å². The second-order valence-electron chi connectivity index (χ2n) is 4.25. The van der Waals surface area contributed by atoms with Crippen LogP contribution in [0, 0.1) is 0 Å². The van der Waals surface area contributed by atoms with Gasteiger partial charge in [-0.15, -0.1) is 0 Å². The van der Waals surface area contributed by atoms with E-state index < -0.39 is 0 Å². The van der Waals surface area contributed by atoms with Gasteiger partial charge in [0.25, 0.3) is 0 Å². The highest BCUT2D eigenvalue weighted by Gasteiger charge is 2.11. The third kappa shape index (κ3) is 2.57. The van der Waals surface area contributed by atoms with Crippen LogP contribution in [-0.4, -0.2) is 22.6 Å². The molecular formula is C13H16BrN3. The Morgan fingerprint density at radius 2 is 2.12 bits per heavy atom. The van der Waals surface area contributed by atoms with E-state index in [0.29, 0.717) is 6.04 Å². The fourth-order valence-electron chi connectivity index (χ4n) is 1.87. The molecule has 90 valence electrons. The van der Waals surface area contributed by atoms with E-state index in [-0.39, 0.29) is 0 Å². The maximum Gasteiger partial charge on any atom is 0.226 e. The summed E-state index contributed by atoms with van der Waals surface area (Å²) in [5, 5.41) is 1.06. The summed E-state index contributed by atoms with van der Waals surface area (Å²) in [6.07, 6.45) is 1.88. The molecule has 0 unspecified atom stereocenters. The molecule has 0 radical (unpaired) electrons. The lowest BCUT2D eigenvalue weighted by atomic mass is 10.2. The number of anilines is 1. The maximum absolute atomic E-state index is 4.60. The van der Waals surface area contributed by atoms with Gasteiger partial charge in [0, 0.05) is 28.6 Å². The lowest BCUT2D eigenvalue weighted by Crippen LogP contribution is -2.31. The first-order valence-corrected chi connectivity index (χ1v) is 6.60. The van der Waals surface area contributed by atoms with Gasteiger partial charge in [-0.05, 0) is 39.0 Å². The molecule has 2 aromatic rings. The monoisotopic (exact) mass is 293 g/mol. The van der Waals surface area contributed by atoms with Gasteiger partial charge in [-0.2, -0.15) is 0 Å². The summed E-state index contributed by atoms with van der Waals surface area (Å²) < 4.78 is 1.05. The Bertz CT molecular complexity index is 525.